The lowest BCUT2D eigenvalue weighted by atomic mass is 10.2. The van der Waals surface area contributed by atoms with Crippen LogP contribution in [0, 0.1) is 11.3 Å². The van der Waals surface area contributed by atoms with Crippen LogP contribution >= 0.6 is 0 Å². The molecule has 1 aromatic rings. The van der Waals surface area contributed by atoms with E-state index in [9.17, 15) is 0 Å². The number of piperazine rings is 1. The van der Waals surface area contributed by atoms with Gasteiger partial charge in [-0.3, -0.25) is 0 Å². The third-order valence-electron chi connectivity index (χ3n) is 2.48. The number of hydrogen-bond donors (Lipinski definition) is 0. The molecule has 2 heterocycles. The largest absolute Gasteiger partial charge is 0.354 e. The van der Waals surface area contributed by atoms with Crippen molar-refractivity contribution in [2.75, 3.05) is 31.1 Å². The first-order valence-electron chi connectivity index (χ1n) is 4.87. The molecule has 1 aliphatic rings. The Morgan fingerprint density at radius 1 is 1.33 bits per heavy atom. The molecule has 1 fully saturated rings. The minimum Gasteiger partial charge on any atom is -0.354 e. The van der Waals surface area contributed by atoms with Crippen molar-refractivity contribution in [3.63, 3.8) is 0 Å². The van der Waals surface area contributed by atoms with Crippen molar-refractivity contribution >= 4 is 18.6 Å². The zero-order valence-corrected chi connectivity index (χ0v) is 9.35. The van der Waals surface area contributed by atoms with Gasteiger partial charge in [0.05, 0.1) is 24.7 Å². The van der Waals surface area contributed by atoms with Crippen molar-refractivity contribution in [3.8, 4) is 6.07 Å². The molecule has 0 bridgehead atoms. The molecule has 0 amide bonds. The van der Waals surface area contributed by atoms with Crippen molar-refractivity contribution in [1.29, 1.82) is 5.26 Å². The fourth-order valence-corrected chi connectivity index (χ4v) is 1.80. The van der Waals surface area contributed by atoms with Crippen LogP contribution < -0.4 is 4.90 Å². The Morgan fingerprint density at radius 3 is 2.73 bits per heavy atom. The molecule has 5 heteroatoms. The van der Waals surface area contributed by atoms with E-state index in [1.165, 1.54) is 0 Å². The van der Waals surface area contributed by atoms with Gasteiger partial charge in [-0.1, -0.05) is 0 Å². The Balaban J connectivity index is 2.12. The van der Waals surface area contributed by atoms with Crippen LogP contribution in [-0.2, 0) is 12.8 Å². The van der Waals surface area contributed by atoms with Crippen LogP contribution in [0.15, 0.2) is 18.3 Å². The Kier molecular flexibility index (Phi) is 3.09. The smallest absolute Gasteiger partial charge is 0.129 e. The molecular formula is C10H13N4S+. The fourth-order valence-electron chi connectivity index (χ4n) is 1.60. The van der Waals surface area contributed by atoms with Crippen molar-refractivity contribution < 1.29 is 0 Å². The Bertz CT molecular complexity index is 379. The number of nitriles is 1. The molecule has 0 radical (unpaired) electrons. The summed E-state index contributed by atoms with van der Waals surface area (Å²) in [5.74, 6) is 0.897. The monoisotopic (exact) mass is 221 g/mol. The molecule has 0 aromatic carbocycles. The lowest BCUT2D eigenvalue weighted by Crippen LogP contribution is -2.44. The van der Waals surface area contributed by atoms with Gasteiger partial charge >= 0.3 is 0 Å². The fraction of sp³-hybridized carbons (Fsp3) is 0.400. The first-order chi connectivity index (χ1) is 7.29. The maximum absolute atomic E-state index is 8.79. The topological polar surface area (TPSA) is 43.2 Å². The van der Waals surface area contributed by atoms with Gasteiger partial charge in [0.1, 0.15) is 5.82 Å². The highest BCUT2D eigenvalue weighted by Gasteiger charge is 2.18. The van der Waals surface area contributed by atoms with Crippen molar-refractivity contribution in [2.24, 2.45) is 0 Å². The van der Waals surface area contributed by atoms with Crippen LogP contribution in [0.1, 0.15) is 5.56 Å². The molecule has 0 atom stereocenters. The van der Waals surface area contributed by atoms with Gasteiger partial charge in [-0.05, 0) is 12.1 Å². The first-order valence-corrected chi connectivity index (χ1v) is 5.31. The molecule has 15 heavy (non-hydrogen) atoms. The standard InChI is InChI=1S/C10H12N4S/c11-8-9-1-2-12-10(7-9)13-3-5-14(15)6-4-13/h1-2,7,15H,3-6H2/p+1. The second-order valence-corrected chi connectivity index (χ2v) is 4.12. The molecule has 2 rings (SSSR count). The second-order valence-electron chi connectivity index (χ2n) is 3.49. The van der Waals surface area contributed by atoms with E-state index in [1.807, 2.05) is 6.07 Å². The Labute approximate surface area is 94.7 Å². The van der Waals surface area contributed by atoms with E-state index in [4.69, 9.17) is 5.26 Å². The minimum atomic E-state index is 0.667. The Morgan fingerprint density at radius 2 is 2.07 bits per heavy atom. The summed E-state index contributed by atoms with van der Waals surface area (Å²) >= 11 is 3.50. The minimum absolute atomic E-state index is 0.667. The van der Waals surface area contributed by atoms with Gasteiger partial charge in [0, 0.05) is 32.1 Å². The van der Waals surface area contributed by atoms with Crippen molar-refractivity contribution in [1.82, 2.24) is 9.29 Å². The van der Waals surface area contributed by atoms with E-state index in [-0.39, 0.29) is 0 Å². The molecule has 1 saturated heterocycles. The summed E-state index contributed by atoms with van der Waals surface area (Å²) in [5, 5.41) is 8.79. The summed E-state index contributed by atoms with van der Waals surface area (Å²) in [6.07, 6.45) is 1.69. The third kappa shape index (κ3) is 2.41. The van der Waals surface area contributed by atoms with Gasteiger partial charge < -0.3 is 4.90 Å². The zero-order chi connectivity index (χ0) is 10.7. The molecule has 4 nitrogen and oxygen atoms in total. The maximum atomic E-state index is 8.79. The van der Waals surface area contributed by atoms with E-state index < -0.39 is 0 Å². The van der Waals surface area contributed by atoms with Crippen LogP contribution in [0.2, 0.25) is 0 Å². The molecule has 0 N–H and O–H groups in total. The summed E-state index contributed by atoms with van der Waals surface area (Å²) in [6, 6.07) is 5.69. The number of aromatic nitrogens is 1. The molecule has 78 valence electrons. The van der Waals surface area contributed by atoms with Gasteiger partial charge in [-0.25, -0.2) is 4.98 Å². The summed E-state index contributed by atoms with van der Waals surface area (Å²) in [4.78, 5) is 6.47. The third-order valence-corrected chi connectivity index (χ3v) is 2.93. The number of hydrogen-bond acceptors (Lipinski definition) is 4. The number of pyridine rings is 1. The number of rotatable bonds is 1. The predicted molar refractivity (Wildman–Crippen MR) is 62.9 cm³/mol. The summed E-state index contributed by atoms with van der Waals surface area (Å²) in [5.41, 5.74) is 0.667. The van der Waals surface area contributed by atoms with Crippen LogP contribution in [0.4, 0.5) is 5.82 Å². The van der Waals surface area contributed by atoms with Gasteiger partial charge in [0.25, 0.3) is 0 Å². The molecule has 0 aliphatic carbocycles. The average molecular weight is 221 g/mol. The average Bonchev–Trinajstić information content (AvgIpc) is 2.30. The normalized spacial score (nSPS) is 17.5. The Hall–Kier alpha value is -1.25. The zero-order valence-electron chi connectivity index (χ0n) is 8.35. The summed E-state index contributed by atoms with van der Waals surface area (Å²) in [6.45, 7) is 3.81. The number of nitrogens with zero attached hydrogens (tertiary/aromatic N) is 4. The molecule has 1 aromatic heterocycles. The second kappa shape index (κ2) is 4.51. The van der Waals surface area contributed by atoms with Crippen molar-refractivity contribution in [2.45, 2.75) is 0 Å². The SMILES string of the molecule is N#Cc1ccnc(N2CCN([SH2+])CC2)c1. The van der Waals surface area contributed by atoms with Crippen LogP contribution in [0.25, 0.3) is 0 Å². The van der Waals surface area contributed by atoms with Crippen LogP contribution in [0.5, 0.6) is 0 Å². The van der Waals surface area contributed by atoms with Crippen LogP contribution in [0.3, 0.4) is 0 Å². The van der Waals surface area contributed by atoms with E-state index in [1.54, 1.807) is 12.3 Å². The maximum Gasteiger partial charge on any atom is 0.129 e. The van der Waals surface area contributed by atoms with Crippen molar-refractivity contribution in [3.05, 3.63) is 23.9 Å². The van der Waals surface area contributed by atoms with E-state index in [2.05, 4.69) is 33.1 Å². The van der Waals surface area contributed by atoms with E-state index >= 15 is 0 Å². The quantitative estimate of drug-likeness (QED) is 0.626. The van der Waals surface area contributed by atoms with E-state index in [0.29, 0.717) is 5.56 Å². The predicted octanol–water partition coefficient (Wildman–Crippen LogP) is 0.00178. The van der Waals surface area contributed by atoms with Gasteiger partial charge in [0.2, 0.25) is 0 Å². The van der Waals surface area contributed by atoms with Gasteiger partial charge in [-0.2, -0.15) is 5.26 Å². The van der Waals surface area contributed by atoms with Gasteiger partial charge in [0.15, 0.2) is 0 Å². The van der Waals surface area contributed by atoms with Gasteiger partial charge in [-0.15, -0.1) is 4.31 Å². The summed E-state index contributed by atoms with van der Waals surface area (Å²) < 4.78 is 2.10. The highest BCUT2D eigenvalue weighted by molar-refractivity contribution is 7.55. The first kappa shape index (κ1) is 10.3. The molecule has 0 spiro atoms. The molecular weight excluding hydrogens is 208 g/mol. The lowest BCUT2D eigenvalue weighted by Gasteiger charge is -2.29. The van der Waals surface area contributed by atoms with E-state index in [0.717, 1.165) is 32.0 Å². The molecule has 1 aliphatic heterocycles. The molecule has 0 unspecified atom stereocenters. The number of anilines is 1. The highest BCUT2D eigenvalue weighted by atomic mass is 32.1. The summed E-state index contributed by atoms with van der Waals surface area (Å²) in [7, 11) is 0. The lowest BCUT2D eigenvalue weighted by molar-refractivity contribution is 0.431. The molecule has 0 saturated carbocycles. The highest BCUT2D eigenvalue weighted by Crippen LogP contribution is 2.14. The van der Waals surface area contributed by atoms with Crippen LogP contribution in [-0.4, -0.2) is 35.5 Å².